The van der Waals surface area contributed by atoms with Gasteiger partial charge in [0.05, 0.1) is 11.3 Å². The Hall–Kier alpha value is -1.57. The molecule has 0 aliphatic rings. The quantitative estimate of drug-likeness (QED) is 0.879. The van der Waals surface area contributed by atoms with Gasteiger partial charge in [0, 0.05) is 4.47 Å². The van der Waals surface area contributed by atoms with Gasteiger partial charge in [-0.05, 0) is 34.1 Å². The van der Waals surface area contributed by atoms with Crippen molar-refractivity contribution in [2.45, 2.75) is 6.18 Å². The zero-order chi connectivity index (χ0) is 12.6. The first-order chi connectivity index (χ1) is 7.89. The van der Waals surface area contributed by atoms with Gasteiger partial charge in [0.25, 0.3) is 0 Å². The highest BCUT2D eigenvalue weighted by Gasteiger charge is 2.31. The number of benzene rings is 1. The molecule has 8 heteroatoms. The molecule has 0 fully saturated rings. The maximum absolute atomic E-state index is 12.5. The highest BCUT2D eigenvalue weighted by molar-refractivity contribution is 9.10. The molecule has 1 heterocycles. The Labute approximate surface area is 101 Å². The van der Waals surface area contributed by atoms with Gasteiger partial charge in [-0.1, -0.05) is 0 Å². The Bertz CT molecular complexity index is 602. The van der Waals surface area contributed by atoms with Crippen molar-refractivity contribution in [2.24, 2.45) is 0 Å². The van der Waals surface area contributed by atoms with Crippen LogP contribution in [0.25, 0.3) is 5.69 Å². The van der Waals surface area contributed by atoms with E-state index < -0.39 is 17.4 Å². The van der Waals surface area contributed by atoms with E-state index in [0.717, 1.165) is 23.0 Å². The Morgan fingerprint density at radius 3 is 2.59 bits per heavy atom. The third kappa shape index (κ3) is 2.26. The first-order valence-corrected chi connectivity index (χ1v) is 5.18. The average Bonchev–Trinajstić information content (AvgIpc) is 2.63. The van der Waals surface area contributed by atoms with Gasteiger partial charge in [-0.15, -0.1) is 0 Å². The van der Waals surface area contributed by atoms with Gasteiger partial charge < -0.3 is 0 Å². The molecular weight excluding hydrogens is 303 g/mol. The number of rotatable bonds is 1. The number of aromatic nitrogens is 3. The summed E-state index contributed by atoms with van der Waals surface area (Å²) in [6.45, 7) is 0. The van der Waals surface area contributed by atoms with E-state index in [0.29, 0.717) is 4.47 Å². The number of halogens is 4. The third-order valence-corrected chi connectivity index (χ3v) is 2.76. The molecule has 0 aliphatic carbocycles. The van der Waals surface area contributed by atoms with Crippen molar-refractivity contribution >= 4 is 15.9 Å². The van der Waals surface area contributed by atoms with E-state index in [9.17, 15) is 18.0 Å². The van der Waals surface area contributed by atoms with Crippen LogP contribution in [-0.4, -0.2) is 14.8 Å². The lowest BCUT2D eigenvalue weighted by atomic mass is 10.2. The second-order valence-corrected chi connectivity index (χ2v) is 4.05. The van der Waals surface area contributed by atoms with Gasteiger partial charge in [-0.2, -0.15) is 18.3 Å². The first-order valence-electron chi connectivity index (χ1n) is 4.39. The summed E-state index contributed by atoms with van der Waals surface area (Å²) in [6.07, 6.45) is -3.34. The van der Waals surface area contributed by atoms with Crippen molar-refractivity contribution in [2.75, 3.05) is 0 Å². The van der Waals surface area contributed by atoms with Gasteiger partial charge in [-0.25, -0.2) is 14.5 Å². The molecule has 0 saturated heterocycles. The van der Waals surface area contributed by atoms with E-state index >= 15 is 0 Å². The Morgan fingerprint density at radius 1 is 1.35 bits per heavy atom. The van der Waals surface area contributed by atoms with Crippen LogP contribution in [0.1, 0.15) is 5.56 Å². The monoisotopic (exact) mass is 307 g/mol. The summed E-state index contributed by atoms with van der Waals surface area (Å²) in [5.41, 5.74) is -1.35. The van der Waals surface area contributed by atoms with Gasteiger partial charge in [-0.3, -0.25) is 0 Å². The number of hydrogen-bond donors (Lipinski definition) is 1. The molecule has 1 aromatic carbocycles. The smallest absolute Gasteiger partial charge is 0.249 e. The van der Waals surface area contributed by atoms with Crippen LogP contribution in [0.3, 0.4) is 0 Å². The third-order valence-electron chi connectivity index (χ3n) is 2.09. The minimum Gasteiger partial charge on any atom is -0.249 e. The van der Waals surface area contributed by atoms with Crippen LogP contribution in [0.2, 0.25) is 0 Å². The van der Waals surface area contributed by atoms with Crippen molar-refractivity contribution < 1.29 is 13.2 Å². The standard InChI is InChI=1S/C9H5BrF3N3O/c10-6-2-1-5(9(11,12)13)3-7(6)16-4-14-15-8(16)17/h1-4H,(H,15,17). The van der Waals surface area contributed by atoms with E-state index in [4.69, 9.17) is 0 Å². The van der Waals surface area contributed by atoms with E-state index in [1.807, 2.05) is 0 Å². The van der Waals surface area contributed by atoms with Crippen LogP contribution in [0.5, 0.6) is 0 Å². The molecular formula is C9H5BrF3N3O. The summed E-state index contributed by atoms with van der Waals surface area (Å²) < 4.78 is 38.9. The van der Waals surface area contributed by atoms with Crippen molar-refractivity contribution in [1.29, 1.82) is 0 Å². The highest BCUT2D eigenvalue weighted by Crippen LogP contribution is 2.32. The van der Waals surface area contributed by atoms with Gasteiger partial charge in [0.1, 0.15) is 6.33 Å². The molecule has 0 radical (unpaired) electrons. The second-order valence-electron chi connectivity index (χ2n) is 3.20. The van der Waals surface area contributed by atoms with Crippen molar-refractivity contribution in [3.05, 3.63) is 45.0 Å². The summed E-state index contributed by atoms with van der Waals surface area (Å²) in [6, 6.07) is 3.04. The SMILES string of the molecule is O=c1[nH]ncn1-c1cc(C(F)(F)F)ccc1Br. The molecule has 1 N–H and O–H groups in total. The van der Waals surface area contributed by atoms with Crippen LogP contribution < -0.4 is 5.69 Å². The molecule has 0 saturated carbocycles. The van der Waals surface area contributed by atoms with Crippen LogP contribution >= 0.6 is 15.9 Å². The molecule has 0 aliphatic heterocycles. The summed E-state index contributed by atoms with van der Waals surface area (Å²) >= 11 is 3.08. The number of alkyl halides is 3. The van der Waals surface area contributed by atoms with Crippen molar-refractivity contribution in [1.82, 2.24) is 14.8 Å². The number of hydrogen-bond acceptors (Lipinski definition) is 2. The highest BCUT2D eigenvalue weighted by atomic mass is 79.9. The fourth-order valence-corrected chi connectivity index (χ4v) is 1.73. The van der Waals surface area contributed by atoms with E-state index in [1.54, 1.807) is 0 Å². The fourth-order valence-electron chi connectivity index (χ4n) is 1.29. The van der Waals surface area contributed by atoms with Gasteiger partial charge in [0.15, 0.2) is 0 Å². The molecule has 4 nitrogen and oxygen atoms in total. The molecule has 0 spiro atoms. The molecule has 0 amide bonds. The lowest BCUT2D eigenvalue weighted by molar-refractivity contribution is -0.137. The minimum atomic E-state index is -4.46. The van der Waals surface area contributed by atoms with Crippen LogP contribution in [0.15, 0.2) is 33.8 Å². The first kappa shape index (κ1) is 11.9. The summed E-state index contributed by atoms with van der Waals surface area (Å²) in [4.78, 5) is 11.3. The number of H-pyrrole nitrogens is 1. The van der Waals surface area contributed by atoms with Crippen molar-refractivity contribution in [3.8, 4) is 5.69 Å². The van der Waals surface area contributed by atoms with Gasteiger partial charge >= 0.3 is 11.9 Å². The lowest BCUT2D eigenvalue weighted by Gasteiger charge is -2.10. The number of nitrogens with one attached hydrogen (secondary N) is 1. The Balaban J connectivity index is 2.63. The molecule has 2 aromatic rings. The Kier molecular flexibility index (Phi) is 2.82. The number of nitrogens with zero attached hydrogens (tertiary/aromatic N) is 2. The summed E-state index contributed by atoms with van der Waals surface area (Å²) in [5, 5.41) is 5.56. The van der Waals surface area contributed by atoms with Crippen LogP contribution in [-0.2, 0) is 6.18 Å². The van der Waals surface area contributed by atoms with E-state index in [1.165, 1.54) is 6.07 Å². The minimum absolute atomic E-state index is 0.0820. The maximum Gasteiger partial charge on any atom is 0.416 e. The molecule has 90 valence electrons. The topological polar surface area (TPSA) is 50.7 Å². The normalized spacial score (nSPS) is 11.8. The summed E-state index contributed by atoms with van der Waals surface area (Å²) in [7, 11) is 0. The lowest BCUT2D eigenvalue weighted by Crippen LogP contribution is -2.15. The zero-order valence-corrected chi connectivity index (χ0v) is 9.71. The predicted octanol–water partition coefficient (Wildman–Crippen LogP) is 2.34. The molecule has 0 bridgehead atoms. The molecule has 17 heavy (non-hydrogen) atoms. The average molecular weight is 308 g/mol. The molecule has 1 aromatic heterocycles. The zero-order valence-electron chi connectivity index (χ0n) is 8.12. The van der Waals surface area contributed by atoms with Gasteiger partial charge in [0.2, 0.25) is 0 Å². The molecule has 2 rings (SSSR count). The number of aromatic amines is 1. The molecule has 0 atom stereocenters. The van der Waals surface area contributed by atoms with Crippen LogP contribution in [0.4, 0.5) is 13.2 Å². The second kappa shape index (κ2) is 4.02. The largest absolute Gasteiger partial charge is 0.416 e. The van der Waals surface area contributed by atoms with Crippen molar-refractivity contribution in [3.63, 3.8) is 0 Å². The van der Waals surface area contributed by atoms with E-state index in [-0.39, 0.29) is 5.69 Å². The predicted molar refractivity (Wildman–Crippen MR) is 56.9 cm³/mol. The Morgan fingerprint density at radius 2 is 2.06 bits per heavy atom. The fraction of sp³-hybridized carbons (Fsp3) is 0.111. The molecule has 0 unspecified atom stereocenters. The van der Waals surface area contributed by atoms with Crippen LogP contribution in [0, 0.1) is 0 Å². The maximum atomic E-state index is 12.5. The summed E-state index contributed by atoms with van der Waals surface area (Å²) in [5.74, 6) is 0. The van der Waals surface area contributed by atoms with E-state index in [2.05, 4.69) is 26.1 Å².